The molecule has 0 spiro atoms. The highest BCUT2D eigenvalue weighted by molar-refractivity contribution is 5.67. The number of rotatable bonds is 26. The first-order chi connectivity index (χ1) is 37.8. The van der Waals surface area contributed by atoms with E-state index in [0.717, 1.165) is 12.8 Å². The second-order valence-electron chi connectivity index (χ2n) is 21.9. The Kier molecular flexibility index (Phi) is 25.8. The van der Waals surface area contributed by atoms with Crippen LogP contribution in [0, 0.1) is 0 Å². The Hall–Kier alpha value is -1.65. The Morgan fingerprint density at radius 3 is 1.43 bits per heavy atom. The van der Waals surface area contributed by atoms with Crippen LogP contribution in [0.2, 0.25) is 0 Å². The van der Waals surface area contributed by atoms with Gasteiger partial charge in [-0.1, -0.05) is 45.4 Å². The Labute approximate surface area is 462 Å². The molecule has 6 rings (SSSR count). The van der Waals surface area contributed by atoms with E-state index in [1.807, 2.05) is 6.92 Å². The molecule has 32 atom stereocenters. The smallest absolute Gasteiger partial charge is 0.305 e. The van der Waals surface area contributed by atoms with Gasteiger partial charge in [0.05, 0.1) is 56.3 Å². The number of hydrogen-bond acceptors (Lipinski definition) is 29. The van der Waals surface area contributed by atoms with Crippen LogP contribution in [0.1, 0.15) is 98.8 Å². The first-order valence-electron chi connectivity index (χ1n) is 27.6. The standard InChI is InChI=1S/C50H88O30/c1-6-12-23(14-11-9-7-8-10-13-22(52)15-26(53)54)74-49-43(80-50-44(34(62)30(58)24(16-51)75-50)79-47-38(66)33(61)28(56)19(3)71-47)35(63)31(59)25(76-49)17-69-45-39(67)36(64)41(21(5)73-45)77-48-40(68)42(29(57)20(4)72-48)78-46-37(65)32(60)27(55)18(2)70-46/h18-25,27-52,55-68H,6-17H2,1-5H3,(H,53,54)/t18-,19+,20-,21-,22-,23+,24+,25+,27-,28+,29-,30+,31+,32+,33-,34-,35-,36-,37-,38+,39-,40-,41-,42+,43+,44+,45-,46+,47-,48+,49+,50-/m0/s1. The van der Waals surface area contributed by atoms with E-state index in [0.29, 0.717) is 44.9 Å². The van der Waals surface area contributed by atoms with Crippen LogP contribution in [0.15, 0.2) is 0 Å². The van der Waals surface area contributed by atoms with Crippen molar-refractivity contribution in [2.75, 3.05) is 13.2 Å². The molecular weight excluding hydrogens is 1080 g/mol. The van der Waals surface area contributed by atoms with Crippen molar-refractivity contribution in [3.8, 4) is 0 Å². The quantitative estimate of drug-likeness (QED) is 0.0358. The molecule has 6 aliphatic heterocycles. The minimum absolute atomic E-state index is 0.327. The predicted octanol–water partition coefficient (Wildman–Crippen LogP) is -6.23. The lowest BCUT2D eigenvalue weighted by atomic mass is 9.96. The first kappa shape index (κ1) is 67.5. The summed E-state index contributed by atoms with van der Waals surface area (Å²) in [7, 11) is 0. The van der Waals surface area contributed by atoms with Crippen molar-refractivity contribution in [2.24, 2.45) is 0 Å². The molecule has 0 aromatic rings. The zero-order chi connectivity index (χ0) is 59.0. The van der Waals surface area contributed by atoms with Gasteiger partial charge in [-0.15, -0.1) is 0 Å². The number of ether oxygens (including phenoxy) is 12. The number of aliphatic hydroxyl groups is 16. The zero-order valence-corrected chi connectivity index (χ0v) is 45.4. The van der Waals surface area contributed by atoms with E-state index in [1.54, 1.807) is 0 Å². The minimum Gasteiger partial charge on any atom is -0.481 e. The van der Waals surface area contributed by atoms with Crippen molar-refractivity contribution in [3.05, 3.63) is 0 Å². The summed E-state index contributed by atoms with van der Waals surface area (Å²) in [5, 5.41) is 183. The maximum Gasteiger partial charge on any atom is 0.305 e. The van der Waals surface area contributed by atoms with E-state index >= 15 is 0 Å². The molecule has 6 saturated heterocycles. The Bertz CT molecular complexity index is 1830. The van der Waals surface area contributed by atoms with Crippen molar-refractivity contribution >= 4 is 5.97 Å². The van der Waals surface area contributed by atoms with E-state index in [2.05, 4.69) is 0 Å². The second-order valence-corrected chi connectivity index (χ2v) is 21.9. The molecule has 0 amide bonds. The van der Waals surface area contributed by atoms with Crippen LogP contribution >= 0.6 is 0 Å². The molecule has 80 heavy (non-hydrogen) atoms. The van der Waals surface area contributed by atoms with Gasteiger partial charge in [0.15, 0.2) is 37.7 Å². The fourth-order valence-corrected chi connectivity index (χ4v) is 10.6. The largest absolute Gasteiger partial charge is 0.481 e. The molecule has 0 radical (unpaired) electrons. The van der Waals surface area contributed by atoms with Crippen LogP contribution < -0.4 is 0 Å². The van der Waals surface area contributed by atoms with Crippen molar-refractivity contribution in [3.63, 3.8) is 0 Å². The number of carbonyl (C=O) groups is 1. The molecule has 0 aromatic carbocycles. The predicted molar refractivity (Wildman–Crippen MR) is 262 cm³/mol. The monoisotopic (exact) mass is 1170 g/mol. The molecule has 468 valence electrons. The summed E-state index contributed by atoms with van der Waals surface area (Å²) in [6.45, 7) is 5.98. The summed E-state index contributed by atoms with van der Waals surface area (Å²) in [5.74, 6) is -1.09. The molecule has 0 aromatic heterocycles. The molecule has 6 heterocycles. The fraction of sp³-hybridized carbons (Fsp3) is 0.980. The highest BCUT2D eigenvalue weighted by Crippen LogP contribution is 2.37. The Balaban J connectivity index is 1.15. The summed E-state index contributed by atoms with van der Waals surface area (Å²) in [4.78, 5) is 10.9. The van der Waals surface area contributed by atoms with Crippen molar-refractivity contribution < 1.29 is 148 Å². The number of hydrogen-bond donors (Lipinski definition) is 17. The van der Waals surface area contributed by atoms with Crippen LogP contribution in [-0.2, 0) is 61.6 Å². The molecule has 17 N–H and O–H groups in total. The second kappa shape index (κ2) is 30.6. The SMILES string of the molecule is CCC[C@H](CCCCCCC[C@H](O)CC(=O)O)O[C@@H]1O[C@H](CO[C@H]2O[C@@H](C)[C@H](O[C@H]3O[C@@H](C)[C@H](O)[C@@H](O[C@H]4O[C@@H](C)[C@H](O)[C@@H](O)[C@@H]4O)[C@@H]3O)[C@@H](O)[C@@H]2O)[C@@H](O)[C@H](O)[C@H]1O[C@@H]1O[C@H](CO)[C@@H](O)[C@H](O)[C@H]1O[C@@H]1O[C@H](C)[C@@H](O)[C@H](O)[C@H]1O. The average molecular weight is 1170 g/mol. The van der Waals surface area contributed by atoms with Gasteiger partial charge in [0.25, 0.3) is 0 Å². The molecule has 6 fully saturated rings. The van der Waals surface area contributed by atoms with Crippen LogP contribution in [0.5, 0.6) is 0 Å². The molecule has 0 saturated carbocycles. The first-order valence-corrected chi connectivity index (χ1v) is 27.6. The van der Waals surface area contributed by atoms with Gasteiger partial charge >= 0.3 is 5.97 Å². The van der Waals surface area contributed by atoms with E-state index < -0.39 is 216 Å². The van der Waals surface area contributed by atoms with Crippen molar-refractivity contribution in [2.45, 2.75) is 295 Å². The maximum atomic E-state index is 11.9. The zero-order valence-electron chi connectivity index (χ0n) is 45.4. The lowest BCUT2D eigenvalue weighted by Gasteiger charge is -2.49. The number of unbranched alkanes of at least 4 members (excludes halogenated alkanes) is 4. The van der Waals surface area contributed by atoms with Gasteiger partial charge < -0.3 is 144 Å². The highest BCUT2D eigenvalue weighted by atomic mass is 16.8. The lowest BCUT2D eigenvalue weighted by molar-refractivity contribution is -0.397. The molecule has 0 aliphatic carbocycles. The number of aliphatic hydroxyl groups excluding tert-OH is 16. The number of aliphatic carboxylic acids is 1. The average Bonchev–Trinajstić information content (AvgIpc) is 3.42. The molecule has 0 bridgehead atoms. The van der Waals surface area contributed by atoms with Gasteiger partial charge in [0.1, 0.15) is 122 Å². The van der Waals surface area contributed by atoms with E-state index in [-0.39, 0.29) is 6.42 Å². The highest BCUT2D eigenvalue weighted by Gasteiger charge is 2.56. The lowest BCUT2D eigenvalue weighted by Crippen LogP contribution is -2.67. The molecular formula is C50H88O30. The summed E-state index contributed by atoms with van der Waals surface area (Å²) in [5.41, 5.74) is 0. The van der Waals surface area contributed by atoms with E-state index in [9.17, 15) is 86.5 Å². The topological polar surface area (TPSA) is 472 Å². The van der Waals surface area contributed by atoms with Gasteiger partial charge in [-0.2, -0.15) is 0 Å². The maximum absolute atomic E-state index is 11.9. The molecule has 0 unspecified atom stereocenters. The van der Waals surface area contributed by atoms with Crippen LogP contribution in [-0.4, -0.2) is 302 Å². The van der Waals surface area contributed by atoms with Gasteiger partial charge in [-0.3, -0.25) is 4.79 Å². The molecule has 30 nitrogen and oxygen atoms in total. The van der Waals surface area contributed by atoms with Crippen molar-refractivity contribution in [1.82, 2.24) is 0 Å². The van der Waals surface area contributed by atoms with Crippen LogP contribution in [0.3, 0.4) is 0 Å². The summed E-state index contributed by atoms with van der Waals surface area (Å²) >= 11 is 0. The molecule has 6 aliphatic rings. The summed E-state index contributed by atoms with van der Waals surface area (Å²) in [6.07, 6.45) is -46.0. The van der Waals surface area contributed by atoms with Crippen LogP contribution in [0.4, 0.5) is 0 Å². The summed E-state index contributed by atoms with van der Waals surface area (Å²) in [6, 6.07) is 0. The van der Waals surface area contributed by atoms with Gasteiger partial charge in [-0.25, -0.2) is 0 Å². The molecule has 30 heteroatoms. The van der Waals surface area contributed by atoms with Gasteiger partial charge in [0.2, 0.25) is 0 Å². The Morgan fingerprint density at radius 1 is 0.425 bits per heavy atom. The van der Waals surface area contributed by atoms with E-state index in [1.165, 1.54) is 27.7 Å². The van der Waals surface area contributed by atoms with Crippen molar-refractivity contribution in [1.29, 1.82) is 0 Å². The fourth-order valence-electron chi connectivity index (χ4n) is 10.6. The third-order valence-corrected chi connectivity index (χ3v) is 15.6. The third-order valence-electron chi connectivity index (χ3n) is 15.6. The normalized spacial score (nSPS) is 47.4. The summed E-state index contributed by atoms with van der Waals surface area (Å²) < 4.78 is 71.0. The number of carboxylic acids is 1. The Morgan fingerprint density at radius 2 is 0.863 bits per heavy atom. The minimum atomic E-state index is -1.97. The number of carboxylic acid groups (broad SMARTS) is 1. The van der Waals surface area contributed by atoms with Gasteiger partial charge in [-0.05, 0) is 47.0 Å². The van der Waals surface area contributed by atoms with Crippen LogP contribution in [0.25, 0.3) is 0 Å². The third kappa shape index (κ3) is 16.4. The van der Waals surface area contributed by atoms with E-state index in [4.69, 9.17) is 61.9 Å². The van der Waals surface area contributed by atoms with Gasteiger partial charge in [0, 0.05) is 0 Å².